The molecule has 1 heterocycles. The third-order valence-corrected chi connectivity index (χ3v) is 3.61. The van der Waals surface area contributed by atoms with Crippen LogP contribution >= 0.6 is 23.3 Å². The van der Waals surface area contributed by atoms with Crippen molar-refractivity contribution in [3.8, 4) is 0 Å². The van der Waals surface area contributed by atoms with Crippen molar-refractivity contribution in [1.29, 1.82) is 0 Å². The second kappa shape index (κ2) is 4.69. The van der Waals surface area contributed by atoms with E-state index in [9.17, 15) is 4.39 Å². The Morgan fingerprint density at radius 1 is 1.47 bits per heavy atom. The van der Waals surface area contributed by atoms with Gasteiger partial charge >= 0.3 is 0 Å². The Hall–Kier alpha value is -0.980. The largest absolute Gasteiger partial charge is 0.326 e. The summed E-state index contributed by atoms with van der Waals surface area (Å²) in [4.78, 5) is 4.97. The van der Waals surface area contributed by atoms with Crippen LogP contribution in [0.15, 0.2) is 33.8 Å². The predicted molar refractivity (Wildman–Crippen MR) is 58.3 cm³/mol. The summed E-state index contributed by atoms with van der Waals surface area (Å²) < 4.78 is 17.6. The van der Waals surface area contributed by atoms with E-state index in [2.05, 4.69) is 9.36 Å². The van der Waals surface area contributed by atoms with Crippen molar-refractivity contribution in [2.45, 2.75) is 15.8 Å². The lowest BCUT2D eigenvalue weighted by Crippen LogP contribution is -1.98. The first-order chi connectivity index (χ1) is 7.29. The summed E-state index contributed by atoms with van der Waals surface area (Å²) in [6.07, 6.45) is 1.50. The van der Waals surface area contributed by atoms with E-state index < -0.39 is 0 Å². The number of hydrogen-bond acceptors (Lipinski definition) is 5. The third kappa shape index (κ3) is 2.53. The van der Waals surface area contributed by atoms with Crippen molar-refractivity contribution in [3.05, 3.63) is 35.9 Å². The number of benzene rings is 1. The van der Waals surface area contributed by atoms with Gasteiger partial charge in [0.15, 0.2) is 4.34 Å². The Kier molecular flexibility index (Phi) is 3.30. The van der Waals surface area contributed by atoms with Crippen molar-refractivity contribution in [1.82, 2.24) is 9.36 Å². The molecule has 0 fully saturated rings. The number of rotatable bonds is 3. The Morgan fingerprint density at radius 3 is 3.00 bits per heavy atom. The molecule has 0 aliphatic carbocycles. The van der Waals surface area contributed by atoms with E-state index in [1.54, 1.807) is 6.07 Å². The van der Waals surface area contributed by atoms with Gasteiger partial charge in [-0.25, -0.2) is 9.37 Å². The molecule has 78 valence electrons. The fraction of sp³-hybridized carbons (Fsp3) is 0.111. The monoisotopic (exact) mass is 241 g/mol. The summed E-state index contributed by atoms with van der Waals surface area (Å²) in [7, 11) is 0. The maximum Gasteiger partial charge on any atom is 0.174 e. The van der Waals surface area contributed by atoms with Crippen LogP contribution in [0.25, 0.3) is 0 Å². The van der Waals surface area contributed by atoms with E-state index in [4.69, 9.17) is 5.73 Å². The lowest BCUT2D eigenvalue weighted by Gasteiger charge is -2.04. The summed E-state index contributed by atoms with van der Waals surface area (Å²) in [5, 5.41) is 0. The normalized spacial score (nSPS) is 10.5. The summed E-state index contributed by atoms with van der Waals surface area (Å²) in [5.74, 6) is -0.267. The second-order valence-electron chi connectivity index (χ2n) is 2.77. The molecule has 2 rings (SSSR count). The molecule has 0 aliphatic heterocycles. The minimum atomic E-state index is -0.267. The zero-order chi connectivity index (χ0) is 10.7. The summed E-state index contributed by atoms with van der Waals surface area (Å²) in [6.45, 7) is 0.318. The van der Waals surface area contributed by atoms with Gasteiger partial charge in [0, 0.05) is 11.4 Å². The molecule has 0 atom stereocenters. The highest BCUT2D eigenvalue weighted by atomic mass is 32.2. The summed E-state index contributed by atoms with van der Waals surface area (Å²) in [5.41, 5.74) is 6.32. The van der Waals surface area contributed by atoms with Crippen LogP contribution in [-0.4, -0.2) is 9.36 Å². The highest BCUT2D eigenvalue weighted by molar-refractivity contribution is 8.01. The zero-order valence-corrected chi connectivity index (χ0v) is 9.32. The first kappa shape index (κ1) is 10.5. The fourth-order valence-corrected chi connectivity index (χ4v) is 2.63. The molecule has 3 nitrogen and oxygen atoms in total. The quantitative estimate of drug-likeness (QED) is 0.895. The van der Waals surface area contributed by atoms with Gasteiger partial charge in [0.25, 0.3) is 0 Å². The summed E-state index contributed by atoms with van der Waals surface area (Å²) in [6, 6.07) is 4.58. The molecule has 0 unspecified atom stereocenters. The fourth-order valence-electron chi connectivity index (χ4n) is 1.11. The summed E-state index contributed by atoms with van der Waals surface area (Å²) >= 11 is 2.76. The maximum atomic E-state index is 12.9. The first-order valence-electron chi connectivity index (χ1n) is 4.22. The molecule has 0 radical (unpaired) electrons. The average molecular weight is 241 g/mol. The van der Waals surface area contributed by atoms with Gasteiger partial charge in [-0.15, -0.1) is 0 Å². The number of aromatic nitrogens is 2. The average Bonchev–Trinajstić information content (AvgIpc) is 2.73. The van der Waals surface area contributed by atoms with E-state index in [1.807, 2.05) is 0 Å². The molecule has 0 saturated carbocycles. The smallest absolute Gasteiger partial charge is 0.174 e. The van der Waals surface area contributed by atoms with Gasteiger partial charge in [-0.05, 0) is 35.3 Å². The highest BCUT2D eigenvalue weighted by Gasteiger charge is 2.06. The maximum absolute atomic E-state index is 12.9. The van der Waals surface area contributed by atoms with Crippen LogP contribution in [-0.2, 0) is 6.54 Å². The standard InChI is InChI=1S/C9H8FN3S2/c10-7-1-2-8(6(3-7)4-11)14-9-12-5-13-15-9/h1-3,5H,4,11H2. The van der Waals surface area contributed by atoms with Crippen LogP contribution in [0.3, 0.4) is 0 Å². The molecule has 0 aliphatic rings. The van der Waals surface area contributed by atoms with E-state index in [-0.39, 0.29) is 5.82 Å². The number of nitrogens with two attached hydrogens (primary N) is 1. The molecular formula is C9H8FN3S2. The topological polar surface area (TPSA) is 51.8 Å². The van der Waals surface area contributed by atoms with Gasteiger partial charge in [-0.3, -0.25) is 0 Å². The minimum absolute atomic E-state index is 0.267. The van der Waals surface area contributed by atoms with Crippen molar-refractivity contribution in [2.24, 2.45) is 5.73 Å². The van der Waals surface area contributed by atoms with Crippen molar-refractivity contribution >= 4 is 23.3 Å². The van der Waals surface area contributed by atoms with Crippen LogP contribution in [0, 0.1) is 5.82 Å². The van der Waals surface area contributed by atoms with E-state index >= 15 is 0 Å². The Balaban J connectivity index is 2.28. The minimum Gasteiger partial charge on any atom is -0.326 e. The molecule has 0 amide bonds. The second-order valence-corrected chi connectivity index (χ2v) is 4.83. The van der Waals surface area contributed by atoms with Gasteiger partial charge in [0.05, 0.1) is 0 Å². The van der Waals surface area contributed by atoms with Gasteiger partial charge in [0.2, 0.25) is 0 Å². The van der Waals surface area contributed by atoms with E-state index in [0.29, 0.717) is 6.54 Å². The third-order valence-electron chi connectivity index (χ3n) is 1.78. The first-order valence-corrected chi connectivity index (χ1v) is 5.81. The number of nitrogens with zero attached hydrogens (tertiary/aromatic N) is 2. The molecule has 0 bridgehead atoms. The van der Waals surface area contributed by atoms with Crippen LogP contribution in [0.5, 0.6) is 0 Å². The van der Waals surface area contributed by atoms with Crippen molar-refractivity contribution in [3.63, 3.8) is 0 Å². The van der Waals surface area contributed by atoms with Crippen LogP contribution < -0.4 is 5.73 Å². The lowest BCUT2D eigenvalue weighted by atomic mass is 10.2. The van der Waals surface area contributed by atoms with Crippen LogP contribution in [0.2, 0.25) is 0 Å². The number of hydrogen-bond donors (Lipinski definition) is 1. The predicted octanol–water partition coefficient (Wildman–Crippen LogP) is 2.29. The molecule has 2 aromatic rings. The lowest BCUT2D eigenvalue weighted by molar-refractivity contribution is 0.623. The Morgan fingerprint density at radius 2 is 2.33 bits per heavy atom. The van der Waals surface area contributed by atoms with Gasteiger partial charge < -0.3 is 5.73 Å². The molecule has 1 aromatic carbocycles. The Labute approximate surface area is 94.7 Å². The van der Waals surface area contributed by atoms with Gasteiger partial charge in [-0.2, -0.15) is 4.37 Å². The molecule has 0 spiro atoms. The molecule has 2 N–H and O–H groups in total. The van der Waals surface area contributed by atoms with E-state index in [0.717, 1.165) is 14.8 Å². The van der Waals surface area contributed by atoms with Crippen molar-refractivity contribution < 1.29 is 4.39 Å². The Bertz CT molecular complexity index is 445. The van der Waals surface area contributed by atoms with Gasteiger partial charge in [-0.1, -0.05) is 11.8 Å². The molecular weight excluding hydrogens is 233 g/mol. The van der Waals surface area contributed by atoms with E-state index in [1.165, 1.54) is 41.8 Å². The van der Waals surface area contributed by atoms with Crippen LogP contribution in [0.1, 0.15) is 5.56 Å². The van der Waals surface area contributed by atoms with Gasteiger partial charge in [0.1, 0.15) is 12.1 Å². The zero-order valence-electron chi connectivity index (χ0n) is 7.68. The number of halogens is 1. The molecule has 15 heavy (non-hydrogen) atoms. The van der Waals surface area contributed by atoms with Crippen molar-refractivity contribution in [2.75, 3.05) is 0 Å². The molecule has 0 saturated heterocycles. The molecule has 6 heteroatoms. The molecule has 1 aromatic heterocycles. The SMILES string of the molecule is NCc1cc(F)ccc1Sc1ncns1. The van der Waals surface area contributed by atoms with Crippen LogP contribution in [0.4, 0.5) is 4.39 Å². The highest BCUT2D eigenvalue weighted by Crippen LogP contribution is 2.31.